The van der Waals surface area contributed by atoms with Crippen LogP contribution >= 0.6 is 0 Å². The van der Waals surface area contributed by atoms with E-state index in [0.717, 1.165) is 70.6 Å². The molecular formula is C56H101NO3. The van der Waals surface area contributed by atoms with E-state index in [9.17, 15) is 15.0 Å². The van der Waals surface area contributed by atoms with Crippen LogP contribution in [0.2, 0.25) is 0 Å². The zero-order chi connectivity index (χ0) is 43.5. The van der Waals surface area contributed by atoms with Crippen molar-refractivity contribution in [2.45, 2.75) is 270 Å². The number of nitrogens with one attached hydrogen (secondary N) is 1. The molecule has 0 aliphatic heterocycles. The summed E-state index contributed by atoms with van der Waals surface area (Å²) in [4.78, 5) is 12.4. The number of amides is 1. The fourth-order valence-electron chi connectivity index (χ4n) is 7.74. The van der Waals surface area contributed by atoms with Gasteiger partial charge in [-0.05, 0) is 64.2 Å². The van der Waals surface area contributed by atoms with Crippen LogP contribution in [0.15, 0.2) is 72.9 Å². The van der Waals surface area contributed by atoms with E-state index in [2.05, 4.69) is 79.9 Å². The number of carbonyl (C=O) groups is 1. The van der Waals surface area contributed by atoms with Gasteiger partial charge in [-0.15, -0.1) is 0 Å². The average Bonchev–Trinajstić information content (AvgIpc) is 3.25. The third-order valence-corrected chi connectivity index (χ3v) is 11.7. The van der Waals surface area contributed by atoms with Gasteiger partial charge in [-0.3, -0.25) is 4.79 Å². The molecule has 3 N–H and O–H groups in total. The number of unbranched alkanes of at least 4 members (excludes halogenated alkanes) is 30. The van der Waals surface area contributed by atoms with Crippen molar-refractivity contribution in [3.8, 4) is 0 Å². The summed E-state index contributed by atoms with van der Waals surface area (Å²) in [5.74, 6) is -0.0829. The van der Waals surface area contributed by atoms with Gasteiger partial charge in [0, 0.05) is 6.42 Å². The predicted octanol–water partition coefficient (Wildman–Crippen LogP) is 17.0. The van der Waals surface area contributed by atoms with E-state index in [1.807, 2.05) is 6.08 Å². The van der Waals surface area contributed by atoms with E-state index < -0.39 is 12.1 Å². The normalized spacial score (nSPS) is 13.5. The van der Waals surface area contributed by atoms with Gasteiger partial charge in [-0.2, -0.15) is 0 Å². The summed E-state index contributed by atoms with van der Waals surface area (Å²) in [5.41, 5.74) is 0. The Bertz CT molecular complexity index is 1040. The fourth-order valence-corrected chi connectivity index (χ4v) is 7.74. The van der Waals surface area contributed by atoms with Crippen molar-refractivity contribution < 1.29 is 15.0 Å². The maximum absolute atomic E-state index is 12.4. The third kappa shape index (κ3) is 46.9. The fraction of sp³-hybridized carbons (Fsp3) is 0.768. The zero-order valence-electron chi connectivity index (χ0n) is 40.0. The van der Waals surface area contributed by atoms with Crippen LogP contribution in [0.1, 0.15) is 258 Å². The first-order valence-corrected chi connectivity index (χ1v) is 26.2. The van der Waals surface area contributed by atoms with Gasteiger partial charge in [-0.1, -0.05) is 260 Å². The van der Waals surface area contributed by atoms with E-state index >= 15 is 0 Å². The first-order chi connectivity index (χ1) is 29.7. The van der Waals surface area contributed by atoms with Crippen LogP contribution in [0.5, 0.6) is 0 Å². The van der Waals surface area contributed by atoms with Crippen molar-refractivity contribution in [1.82, 2.24) is 5.32 Å². The van der Waals surface area contributed by atoms with Crippen molar-refractivity contribution in [2.75, 3.05) is 6.61 Å². The van der Waals surface area contributed by atoms with Gasteiger partial charge >= 0.3 is 0 Å². The molecule has 1 amide bonds. The summed E-state index contributed by atoms with van der Waals surface area (Å²) in [5, 5.41) is 23.1. The van der Waals surface area contributed by atoms with Crippen LogP contribution in [-0.2, 0) is 4.79 Å². The second kappa shape index (κ2) is 51.2. The van der Waals surface area contributed by atoms with Gasteiger partial charge < -0.3 is 15.5 Å². The summed E-state index contributed by atoms with van der Waals surface area (Å²) in [6, 6.07) is -0.638. The Kier molecular flexibility index (Phi) is 49.3. The number of hydrogen-bond acceptors (Lipinski definition) is 3. The van der Waals surface area contributed by atoms with E-state index in [0.29, 0.717) is 6.42 Å². The molecule has 0 rings (SSSR count). The molecule has 0 aromatic carbocycles. The highest BCUT2D eigenvalue weighted by Crippen LogP contribution is 2.16. The Balaban J connectivity index is 3.56. The van der Waals surface area contributed by atoms with Gasteiger partial charge in [0.05, 0.1) is 18.8 Å². The molecule has 348 valence electrons. The molecule has 60 heavy (non-hydrogen) atoms. The van der Waals surface area contributed by atoms with Gasteiger partial charge in [0.1, 0.15) is 0 Å². The Morgan fingerprint density at radius 2 is 0.733 bits per heavy atom. The predicted molar refractivity (Wildman–Crippen MR) is 267 cm³/mol. The van der Waals surface area contributed by atoms with Crippen molar-refractivity contribution in [1.29, 1.82) is 0 Å². The minimum atomic E-state index is -0.853. The Morgan fingerprint density at radius 3 is 1.10 bits per heavy atom. The molecule has 4 nitrogen and oxygen atoms in total. The Morgan fingerprint density at radius 1 is 0.417 bits per heavy atom. The molecule has 0 spiro atoms. The van der Waals surface area contributed by atoms with E-state index in [-0.39, 0.29) is 12.5 Å². The van der Waals surface area contributed by atoms with Crippen LogP contribution in [0.3, 0.4) is 0 Å². The SMILES string of the molecule is CC/C=C\C/C=C\C/C=C\C/C=C\C/C=C\CCCCCCCC(=O)NC(CO)C(O)/C=C/CCCCCCCCCCCCCCCCCCCCCCCCCCC. The lowest BCUT2D eigenvalue weighted by Crippen LogP contribution is -2.45. The molecule has 0 bridgehead atoms. The number of carbonyl (C=O) groups excluding carboxylic acids is 1. The Hall–Kier alpha value is -2.17. The molecule has 2 atom stereocenters. The van der Waals surface area contributed by atoms with Crippen molar-refractivity contribution in [2.24, 2.45) is 0 Å². The topological polar surface area (TPSA) is 69.6 Å². The van der Waals surface area contributed by atoms with Crippen LogP contribution in [0.25, 0.3) is 0 Å². The molecule has 0 aliphatic rings. The molecule has 4 heteroatoms. The first-order valence-electron chi connectivity index (χ1n) is 26.2. The second-order valence-corrected chi connectivity index (χ2v) is 17.6. The minimum Gasteiger partial charge on any atom is -0.394 e. The summed E-state index contributed by atoms with van der Waals surface area (Å²) < 4.78 is 0. The van der Waals surface area contributed by atoms with Crippen molar-refractivity contribution in [3.05, 3.63) is 72.9 Å². The molecular weight excluding hydrogens is 735 g/mol. The quantitative estimate of drug-likeness (QED) is 0.0422. The monoisotopic (exact) mass is 836 g/mol. The van der Waals surface area contributed by atoms with Crippen LogP contribution < -0.4 is 5.32 Å². The molecule has 0 fully saturated rings. The molecule has 0 saturated heterocycles. The molecule has 0 aromatic rings. The lowest BCUT2D eigenvalue weighted by Gasteiger charge is -2.20. The second-order valence-electron chi connectivity index (χ2n) is 17.6. The molecule has 0 aliphatic carbocycles. The van der Waals surface area contributed by atoms with Crippen LogP contribution in [0, 0.1) is 0 Å². The summed E-state index contributed by atoms with van der Waals surface area (Å²) >= 11 is 0. The summed E-state index contributed by atoms with van der Waals surface area (Å²) in [6.07, 6.45) is 73.3. The minimum absolute atomic E-state index is 0.0829. The molecule has 0 aromatic heterocycles. The summed E-state index contributed by atoms with van der Waals surface area (Å²) in [7, 11) is 0. The molecule has 0 radical (unpaired) electrons. The van der Waals surface area contributed by atoms with Crippen LogP contribution in [0.4, 0.5) is 0 Å². The van der Waals surface area contributed by atoms with Crippen molar-refractivity contribution >= 4 is 5.91 Å². The standard InChI is InChI=1S/C56H101NO3/c1-3-5-7-9-11-13-15-17-19-21-23-25-26-27-28-29-30-32-33-35-37-39-41-43-45-47-49-51-55(59)54(53-58)57-56(60)52-50-48-46-44-42-40-38-36-34-31-24-22-20-18-16-14-12-10-8-6-4-2/h6,8,12,14,18,20,24,31,36,38,49,51,54-55,58-59H,3-5,7,9-11,13,15-17,19,21-23,25-30,32-35,37,39-48,50,52-53H2,1-2H3,(H,57,60)/b8-6-,14-12-,20-18-,31-24-,38-36-,51-49+. The lowest BCUT2D eigenvalue weighted by atomic mass is 10.0. The summed E-state index contributed by atoms with van der Waals surface area (Å²) in [6.45, 7) is 4.20. The maximum Gasteiger partial charge on any atom is 0.220 e. The first kappa shape index (κ1) is 57.8. The maximum atomic E-state index is 12.4. The van der Waals surface area contributed by atoms with E-state index in [4.69, 9.17) is 0 Å². The molecule has 2 unspecified atom stereocenters. The largest absolute Gasteiger partial charge is 0.394 e. The highest BCUT2D eigenvalue weighted by molar-refractivity contribution is 5.76. The van der Waals surface area contributed by atoms with Gasteiger partial charge in [0.25, 0.3) is 0 Å². The zero-order valence-corrected chi connectivity index (χ0v) is 40.0. The number of hydrogen-bond donors (Lipinski definition) is 3. The van der Waals surface area contributed by atoms with Gasteiger partial charge in [0.15, 0.2) is 0 Å². The third-order valence-electron chi connectivity index (χ3n) is 11.7. The smallest absolute Gasteiger partial charge is 0.220 e. The molecule has 0 saturated carbocycles. The molecule has 0 heterocycles. The number of rotatable bonds is 47. The number of aliphatic hydroxyl groups is 2. The highest BCUT2D eigenvalue weighted by atomic mass is 16.3. The van der Waals surface area contributed by atoms with E-state index in [1.54, 1.807) is 6.08 Å². The van der Waals surface area contributed by atoms with Crippen LogP contribution in [-0.4, -0.2) is 34.9 Å². The van der Waals surface area contributed by atoms with Gasteiger partial charge in [-0.25, -0.2) is 0 Å². The number of allylic oxidation sites excluding steroid dienone is 11. The highest BCUT2D eigenvalue weighted by Gasteiger charge is 2.18. The average molecular weight is 836 g/mol. The number of aliphatic hydroxyl groups excluding tert-OH is 2. The Labute approximate surface area is 374 Å². The van der Waals surface area contributed by atoms with Crippen molar-refractivity contribution in [3.63, 3.8) is 0 Å². The van der Waals surface area contributed by atoms with Gasteiger partial charge in [0.2, 0.25) is 5.91 Å². The van der Waals surface area contributed by atoms with E-state index in [1.165, 1.54) is 167 Å². The lowest BCUT2D eigenvalue weighted by molar-refractivity contribution is -0.123.